The third-order valence-electron chi connectivity index (χ3n) is 5.45. The molecule has 0 radical (unpaired) electrons. The van der Waals surface area contributed by atoms with E-state index < -0.39 is 8.60 Å². The maximum atomic E-state index is 14.1. The number of allylic oxidation sites excluding steroid dienone is 2. The van der Waals surface area contributed by atoms with Crippen LogP contribution in [0.5, 0.6) is 0 Å². The minimum absolute atomic E-state index is 0.0890. The maximum absolute atomic E-state index is 14.1. The SMILES string of the molecule is CCOP(OCC)OCCCCOC(=O)CC1=C(C)/C(=C/c2ccc(S)cc2)c2ccc(F)cc21. The van der Waals surface area contributed by atoms with Gasteiger partial charge in [0.25, 0.3) is 0 Å². The van der Waals surface area contributed by atoms with Gasteiger partial charge in [-0.25, -0.2) is 4.39 Å². The minimum Gasteiger partial charge on any atom is -0.465 e. The monoisotopic (exact) mass is 518 g/mol. The average molecular weight is 519 g/mol. The number of hydrogen-bond donors (Lipinski definition) is 1. The Bertz CT molecular complexity index is 1060. The number of thiol groups is 1. The first-order valence-corrected chi connectivity index (χ1v) is 13.3. The van der Waals surface area contributed by atoms with Crippen molar-refractivity contribution in [2.24, 2.45) is 0 Å². The molecule has 0 saturated carbocycles. The maximum Gasteiger partial charge on any atom is 0.332 e. The van der Waals surface area contributed by atoms with Crippen molar-refractivity contribution in [3.63, 3.8) is 0 Å². The Morgan fingerprint density at radius 1 is 0.971 bits per heavy atom. The fraction of sp³-hybridized carbons (Fsp3) is 0.370. The zero-order valence-corrected chi connectivity index (χ0v) is 22.2. The molecule has 0 amide bonds. The lowest BCUT2D eigenvalue weighted by Gasteiger charge is -2.14. The number of carbonyl (C=O) groups excluding carboxylic acids is 1. The summed E-state index contributed by atoms with van der Waals surface area (Å²) in [7, 11) is -1.31. The van der Waals surface area contributed by atoms with Gasteiger partial charge in [-0.1, -0.05) is 18.2 Å². The topological polar surface area (TPSA) is 54.0 Å². The minimum atomic E-state index is -1.31. The molecule has 0 spiro atoms. The van der Waals surface area contributed by atoms with E-state index in [2.05, 4.69) is 18.7 Å². The summed E-state index contributed by atoms with van der Waals surface area (Å²) in [6, 6.07) is 12.5. The molecule has 0 N–H and O–H groups in total. The zero-order valence-electron chi connectivity index (χ0n) is 20.4. The highest BCUT2D eigenvalue weighted by molar-refractivity contribution is 7.80. The van der Waals surface area contributed by atoms with Gasteiger partial charge in [0.1, 0.15) is 5.82 Å². The zero-order chi connectivity index (χ0) is 25.2. The van der Waals surface area contributed by atoms with Gasteiger partial charge >= 0.3 is 14.6 Å². The Balaban J connectivity index is 1.59. The van der Waals surface area contributed by atoms with Gasteiger partial charge in [0.2, 0.25) is 0 Å². The van der Waals surface area contributed by atoms with Crippen LogP contribution in [0.25, 0.3) is 17.2 Å². The highest BCUT2D eigenvalue weighted by Gasteiger charge is 2.26. The number of halogens is 1. The Labute approximate surface area is 213 Å². The molecular formula is C27H32FO5PS. The Morgan fingerprint density at radius 2 is 1.66 bits per heavy atom. The Hall–Kier alpha value is -2.02. The molecule has 8 heteroatoms. The van der Waals surface area contributed by atoms with E-state index in [9.17, 15) is 9.18 Å². The second-order valence-corrected chi connectivity index (χ2v) is 9.68. The molecule has 0 bridgehead atoms. The summed E-state index contributed by atoms with van der Waals surface area (Å²) in [4.78, 5) is 13.5. The molecule has 0 unspecified atom stereocenters. The van der Waals surface area contributed by atoms with Crippen LogP contribution < -0.4 is 0 Å². The summed E-state index contributed by atoms with van der Waals surface area (Å²) in [5.74, 6) is -0.663. The second-order valence-electron chi connectivity index (χ2n) is 7.94. The summed E-state index contributed by atoms with van der Waals surface area (Å²) >= 11 is 4.34. The van der Waals surface area contributed by atoms with Crippen molar-refractivity contribution in [3.05, 3.63) is 70.5 Å². The van der Waals surface area contributed by atoms with E-state index in [0.717, 1.165) is 44.7 Å². The summed E-state index contributed by atoms with van der Waals surface area (Å²) in [5, 5.41) is 0. The van der Waals surface area contributed by atoms with Gasteiger partial charge in [-0.2, -0.15) is 0 Å². The van der Waals surface area contributed by atoms with Crippen LogP contribution >= 0.6 is 21.2 Å². The highest BCUT2D eigenvalue weighted by Crippen LogP contribution is 2.44. The molecule has 5 nitrogen and oxygen atoms in total. The lowest BCUT2D eigenvalue weighted by molar-refractivity contribution is -0.142. The largest absolute Gasteiger partial charge is 0.465 e. The molecule has 0 atom stereocenters. The average Bonchev–Trinajstić information content (AvgIpc) is 3.08. The van der Waals surface area contributed by atoms with Crippen LogP contribution in [0.4, 0.5) is 4.39 Å². The van der Waals surface area contributed by atoms with Crippen molar-refractivity contribution in [3.8, 4) is 0 Å². The van der Waals surface area contributed by atoms with E-state index in [0.29, 0.717) is 32.8 Å². The predicted octanol–water partition coefficient (Wildman–Crippen LogP) is 7.47. The van der Waals surface area contributed by atoms with Crippen LogP contribution in [0.3, 0.4) is 0 Å². The van der Waals surface area contributed by atoms with Crippen LogP contribution in [0, 0.1) is 5.82 Å². The summed E-state index contributed by atoms with van der Waals surface area (Å²) in [6.07, 6.45) is 3.53. The van der Waals surface area contributed by atoms with Crippen molar-refractivity contribution in [2.75, 3.05) is 26.4 Å². The van der Waals surface area contributed by atoms with Gasteiger partial charge < -0.3 is 18.3 Å². The molecule has 3 rings (SSSR count). The normalized spacial score (nSPS) is 14.2. The quantitative estimate of drug-likeness (QED) is 0.129. The number of rotatable bonds is 13. The molecule has 0 heterocycles. The van der Waals surface area contributed by atoms with Gasteiger partial charge in [-0.15, -0.1) is 12.6 Å². The fourth-order valence-electron chi connectivity index (χ4n) is 3.77. The van der Waals surface area contributed by atoms with Crippen molar-refractivity contribution >= 4 is 44.4 Å². The second kappa shape index (κ2) is 13.9. The van der Waals surface area contributed by atoms with E-state index in [1.165, 1.54) is 12.1 Å². The molecule has 1 aliphatic carbocycles. The molecule has 1 aliphatic rings. The standard InChI is InChI=1S/C27H32FO5PS/c1-4-31-34(32-5-2)33-15-7-6-14-30-27(29)18-25-19(3)24(16-20-8-11-22(35)12-9-20)23-13-10-21(28)17-26(23)25/h8-13,16-17,35H,4-7,14-15,18H2,1-3H3/b24-16-. The molecule has 2 aromatic rings. The number of unbranched alkanes of at least 4 members (excludes halogenated alkanes) is 1. The molecule has 0 aromatic heterocycles. The van der Waals surface area contributed by atoms with E-state index in [-0.39, 0.29) is 18.2 Å². The molecular weight excluding hydrogens is 486 g/mol. The van der Waals surface area contributed by atoms with E-state index in [1.54, 1.807) is 6.07 Å². The van der Waals surface area contributed by atoms with Crippen molar-refractivity contribution in [1.29, 1.82) is 0 Å². The van der Waals surface area contributed by atoms with E-state index in [1.807, 2.05) is 45.0 Å². The summed E-state index contributed by atoms with van der Waals surface area (Å²) in [5.41, 5.74) is 5.39. The van der Waals surface area contributed by atoms with Gasteiger partial charge in [0.05, 0.1) is 32.8 Å². The van der Waals surface area contributed by atoms with Crippen molar-refractivity contribution in [2.45, 2.75) is 44.9 Å². The number of esters is 1. The smallest absolute Gasteiger partial charge is 0.332 e. The van der Waals surface area contributed by atoms with Crippen molar-refractivity contribution < 1.29 is 27.5 Å². The molecule has 188 valence electrons. The Kier molecular flexibility index (Phi) is 11.0. The number of ether oxygens (including phenoxy) is 1. The van der Waals surface area contributed by atoms with Crippen LogP contribution in [0.15, 0.2) is 52.9 Å². The number of hydrogen-bond acceptors (Lipinski definition) is 6. The predicted molar refractivity (Wildman–Crippen MR) is 141 cm³/mol. The number of benzene rings is 2. The lowest BCUT2D eigenvalue weighted by atomic mass is 10.0. The third-order valence-corrected chi connectivity index (χ3v) is 7.08. The Morgan fingerprint density at radius 3 is 2.34 bits per heavy atom. The van der Waals surface area contributed by atoms with Crippen LogP contribution in [0.2, 0.25) is 0 Å². The lowest BCUT2D eigenvalue weighted by Crippen LogP contribution is -2.07. The summed E-state index contributed by atoms with van der Waals surface area (Å²) in [6.45, 7) is 7.58. The first-order chi connectivity index (χ1) is 16.9. The van der Waals surface area contributed by atoms with Crippen LogP contribution in [-0.2, 0) is 23.1 Å². The molecule has 0 aliphatic heterocycles. The first-order valence-electron chi connectivity index (χ1n) is 11.8. The fourth-order valence-corrected chi connectivity index (χ4v) is 4.84. The van der Waals surface area contributed by atoms with Gasteiger partial charge in [0, 0.05) is 4.90 Å². The molecule has 35 heavy (non-hydrogen) atoms. The van der Waals surface area contributed by atoms with Crippen LogP contribution in [0.1, 0.15) is 56.7 Å². The van der Waals surface area contributed by atoms with Crippen LogP contribution in [-0.4, -0.2) is 32.4 Å². The summed E-state index contributed by atoms with van der Waals surface area (Å²) < 4.78 is 35.9. The molecule has 2 aromatic carbocycles. The van der Waals surface area contributed by atoms with E-state index in [4.69, 9.17) is 18.3 Å². The van der Waals surface area contributed by atoms with Gasteiger partial charge in [-0.05, 0) is 97.4 Å². The molecule has 0 fully saturated rings. The first kappa shape index (κ1) is 27.6. The third kappa shape index (κ3) is 7.99. The highest BCUT2D eigenvalue weighted by atomic mass is 32.1. The van der Waals surface area contributed by atoms with Gasteiger partial charge in [0.15, 0.2) is 0 Å². The van der Waals surface area contributed by atoms with Gasteiger partial charge in [-0.3, -0.25) is 4.79 Å². The number of fused-ring (bicyclic) bond motifs is 1. The number of carbonyl (C=O) groups is 1. The van der Waals surface area contributed by atoms with E-state index >= 15 is 0 Å². The van der Waals surface area contributed by atoms with Crippen molar-refractivity contribution in [1.82, 2.24) is 0 Å². The molecule has 0 saturated heterocycles.